The van der Waals surface area contributed by atoms with Crippen LogP contribution in [0.15, 0.2) is 35.2 Å². The summed E-state index contributed by atoms with van der Waals surface area (Å²) in [6.45, 7) is 8.34. The predicted octanol–water partition coefficient (Wildman–Crippen LogP) is 7.20. The summed E-state index contributed by atoms with van der Waals surface area (Å²) < 4.78 is 0. The highest BCUT2D eigenvalue weighted by molar-refractivity contribution is 7.99. The standard InChI is InChI=1S/C14H19ClOS.C7H12O2.C2H6/c1-10-2-3-11(4-10)9-17-14-6-12(8-16)5-13(15)7-14;1-2-3-4-5-6-7(8)9;1-2/h5-7,10-11,16H,2-4,8-9H2,1H3;2-3H,4-6H2,1H3,(H,8,9);1-2H3/b;3-2-;. The van der Waals surface area contributed by atoms with Gasteiger partial charge in [0.25, 0.3) is 0 Å². The Balaban J connectivity index is 0.000000566. The molecule has 1 aliphatic carbocycles. The molecule has 0 aromatic heterocycles. The zero-order valence-corrected chi connectivity index (χ0v) is 19.4. The maximum absolute atomic E-state index is 9.94. The van der Waals surface area contributed by atoms with E-state index in [-0.39, 0.29) is 13.0 Å². The second-order valence-electron chi connectivity index (χ2n) is 6.90. The average Bonchev–Trinajstić information content (AvgIpc) is 3.10. The van der Waals surface area contributed by atoms with E-state index in [9.17, 15) is 4.79 Å². The SMILES string of the molecule is C/C=C\CCCC(=O)O.CC.CC1CCC(CSc2cc(Cl)cc(CO)c2)C1. The minimum Gasteiger partial charge on any atom is -0.481 e. The molecule has 3 nitrogen and oxygen atoms in total. The lowest BCUT2D eigenvalue weighted by Crippen LogP contribution is -1.98. The van der Waals surface area contributed by atoms with Gasteiger partial charge >= 0.3 is 5.97 Å². The maximum Gasteiger partial charge on any atom is 0.303 e. The van der Waals surface area contributed by atoms with Crippen molar-refractivity contribution in [1.82, 2.24) is 0 Å². The number of aliphatic carboxylic acids is 1. The smallest absolute Gasteiger partial charge is 0.303 e. The van der Waals surface area contributed by atoms with Crippen LogP contribution in [0.5, 0.6) is 0 Å². The lowest BCUT2D eigenvalue weighted by Gasteiger charge is -2.10. The van der Waals surface area contributed by atoms with E-state index >= 15 is 0 Å². The molecule has 2 atom stereocenters. The van der Waals surface area contributed by atoms with Gasteiger partial charge in [-0.15, -0.1) is 11.8 Å². The molecule has 2 unspecified atom stereocenters. The summed E-state index contributed by atoms with van der Waals surface area (Å²) in [4.78, 5) is 11.1. The number of halogens is 1. The van der Waals surface area contributed by atoms with Crippen LogP contribution in [0.25, 0.3) is 0 Å². The first-order valence-corrected chi connectivity index (χ1v) is 11.7. The van der Waals surface area contributed by atoms with Crippen LogP contribution < -0.4 is 0 Å². The lowest BCUT2D eigenvalue weighted by atomic mass is 10.1. The number of thioether (sulfide) groups is 1. The molecule has 28 heavy (non-hydrogen) atoms. The van der Waals surface area contributed by atoms with E-state index in [1.165, 1.54) is 29.9 Å². The monoisotopic (exact) mass is 428 g/mol. The number of carbonyl (C=O) groups is 1. The van der Waals surface area contributed by atoms with Crippen molar-refractivity contribution in [2.24, 2.45) is 11.8 Å². The molecular weight excluding hydrogens is 392 g/mol. The van der Waals surface area contributed by atoms with E-state index in [1.54, 1.807) is 0 Å². The number of aliphatic hydroxyl groups is 1. The van der Waals surface area contributed by atoms with Crippen LogP contribution in [-0.4, -0.2) is 21.9 Å². The van der Waals surface area contributed by atoms with Gasteiger partial charge in [0.15, 0.2) is 0 Å². The molecule has 0 amide bonds. The molecule has 0 saturated heterocycles. The number of hydrogen-bond acceptors (Lipinski definition) is 3. The molecule has 0 radical (unpaired) electrons. The van der Waals surface area contributed by atoms with Crippen LogP contribution in [0, 0.1) is 11.8 Å². The third-order valence-corrected chi connectivity index (χ3v) is 5.83. The van der Waals surface area contributed by atoms with Gasteiger partial charge in [0.05, 0.1) is 6.61 Å². The Morgan fingerprint density at radius 3 is 2.54 bits per heavy atom. The molecule has 1 fully saturated rings. The quantitative estimate of drug-likeness (QED) is 0.261. The molecular formula is C23H37ClO3S. The summed E-state index contributed by atoms with van der Waals surface area (Å²) in [5.41, 5.74) is 0.903. The van der Waals surface area contributed by atoms with Crippen LogP contribution in [0.2, 0.25) is 5.02 Å². The average molecular weight is 429 g/mol. The molecule has 1 aliphatic rings. The van der Waals surface area contributed by atoms with Gasteiger partial charge in [-0.05, 0) is 68.2 Å². The molecule has 160 valence electrons. The molecule has 2 rings (SSSR count). The number of carboxylic acid groups (broad SMARTS) is 1. The first-order chi connectivity index (χ1) is 13.4. The van der Waals surface area contributed by atoms with Gasteiger partial charge in [-0.1, -0.05) is 50.9 Å². The van der Waals surface area contributed by atoms with Gasteiger partial charge in [-0.2, -0.15) is 0 Å². The summed E-state index contributed by atoms with van der Waals surface area (Å²) >= 11 is 7.89. The highest BCUT2D eigenvalue weighted by Crippen LogP contribution is 2.35. The van der Waals surface area contributed by atoms with Gasteiger partial charge in [0, 0.05) is 22.1 Å². The minimum atomic E-state index is -0.709. The van der Waals surface area contributed by atoms with Crippen molar-refractivity contribution in [1.29, 1.82) is 0 Å². The highest BCUT2D eigenvalue weighted by atomic mass is 35.5. The van der Waals surface area contributed by atoms with Crippen LogP contribution in [0.4, 0.5) is 0 Å². The van der Waals surface area contributed by atoms with E-state index in [1.807, 2.05) is 62.9 Å². The van der Waals surface area contributed by atoms with Crippen molar-refractivity contribution in [3.8, 4) is 0 Å². The van der Waals surface area contributed by atoms with Gasteiger partial charge in [0.1, 0.15) is 0 Å². The van der Waals surface area contributed by atoms with E-state index in [0.29, 0.717) is 0 Å². The molecule has 2 N–H and O–H groups in total. The molecule has 1 aromatic carbocycles. The van der Waals surface area contributed by atoms with Gasteiger partial charge < -0.3 is 10.2 Å². The molecule has 0 bridgehead atoms. The lowest BCUT2D eigenvalue weighted by molar-refractivity contribution is -0.137. The number of unbranched alkanes of at least 4 members (excludes halogenated alkanes) is 1. The van der Waals surface area contributed by atoms with Gasteiger partial charge in [-0.3, -0.25) is 4.79 Å². The Morgan fingerprint density at radius 1 is 1.29 bits per heavy atom. The third kappa shape index (κ3) is 13.2. The molecule has 0 heterocycles. The summed E-state index contributed by atoms with van der Waals surface area (Å²) in [7, 11) is 0. The first kappa shape index (κ1) is 27.0. The van der Waals surface area contributed by atoms with Gasteiger partial charge in [-0.25, -0.2) is 0 Å². The van der Waals surface area contributed by atoms with Crippen molar-refractivity contribution in [3.05, 3.63) is 40.9 Å². The number of hydrogen-bond donors (Lipinski definition) is 2. The van der Waals surface area contributed by atoms with Crippen molar-refractivity contribution < 1.29 is 15.0 Å². The van der Waals surface area contributed by atoms with Crippen LogP contribution in [0.1, 0.15) is 71.8 Å². The molecule has 1 aromatic rings. The second kappa shape index (κ2) is 16.9. The summed E-state index contributed by atoms with van der Waals surface area (Å²) in [6.07, 6.45) is 9.92. The van der Waals surface area contributed by atoms with Gasteiger partial charge in [0.2, 0.25) is 0 Å². The second-order valence-corrected chi connectivity index (χ2v) is 8.43. The van der Waals surface area contributed by atoms with Crippen LogP contribution >= 0.6 is 23.4 Å². The van der Waals surface area contributed by atoms with Crippen molar-refractivity contribution >= 4 is 29.3 Å². The number of carboxylic acids is 1. The van der Waals surface area contributed by atoms with E-state index in [4.69, 9.17) is 21.8 Å². The summed E-state index contributed by atoms with van der Waals surface area (Å²) in [5.74, 6) is 2.22. The molecule has 5 heteroatoms. The molecule has 0 spiro atoms. The number of aliphatic hydroxyl groups excluding tert-OH is 1. The Labute approximate surface area is 180 Å². The van der Waals surface area contributed by atoms with Crippen LogP contribution in [0.3, 0.4) is 0 Å². The highest BCUT2D eigenvalue weighted by Gasteiger charge is 2.21. The zero-order valence-electron chi connectivity index (χ0n) is 17.8. The number of rotatable bonds is 8. The summed E-state index contributed by atoms with van der Waals surface area (Å²) in [5, 5.41) is 18.0. The maximum atomic E-state index is 9.94. The molecule has 0 aliphatic heterocycles. The number of allylic oxidation sites excluding steroid dienone is 2. The number of benzene rings is 1. The van der Waals surface area contributed by atoms with E-state index in [0.717, 1.165) is 35.3 Å². The fourth-order valence-electron chi connectivity index (χ4n) is 3.02. The fourth-order valence-corrected chi connectivity index (χ4v) is 4.52. The zero-order chi connectivity index (χ0) is 21.4. The summed E-state index contributed by atoms with van der Waals surface area (Å²) in [6, 6.07) is 5.85. The van der Waals surface area contributed by atoms with E-state index < -0.39 is 5.97 Å². The fraction of sp³-hybridized carbons (Fsp3) is 0.609. The Kier molecular flexibility index (Phi) is 16.4. The molecule has 1 saturated carbocycles. The van der Waals surface area contributed by atoms with Crippen LogP contribution in [-0.2, 0) is 11.4 Å². The third-order valence-electron chi connectivity index (χ3n) is 4.40. The van der Waals surface area contributed by atoms with Crippen molar-refractivity contribution in [2.75, 3.05) is 5.75 Å². The predicted molar refractivity (Wildman–Crippen MR) is 122 cm³/mol. The Morgan fingerprint density at radius 2 is 2.00 bits per heavy atom. The normalized spacial score (nSPS) is 18.2. The van der Waals surface area contributed by atoms with E-state index in [2.05, 4.69) is 6.92 Å². The first-order valence-electron chi connectivity index (χ1n) is 10.3. The topological polar surface area (TPSA) is 57.5 Å². The minimum absolute atomic E-state index is 0.0641. The van der Waals surface area contributed by atoms with Crippen molar-refractivity contribution in [3.63, 3.8) is 0 Å². The Bertz CT molecular complexity index is 575. The largest absolute Gasteiger partial charge is 0.481 e. The van der Waals surface area contributed by atoms with Crippen molar-refractivity contribution in [2.45, 2.75) is 77.7 Å². The Hall–Kier alpha value is -0.970.